The first-order valence-electron chi connectivity index (χ1n) is 5.34. The van der Waals surface area contributed by atoms with Gasteiger partial charge in [-0.3, -0.25) is 0 Å². The largest absolute Gasteiger partial charge is 0.460 e. The Kier molecular flexibility index (Phi) is 2.68. The molecule has 2 aromatic rings. The third-order valence-electron chi connectivity index (χ3n) is 2.49. The molecule has 2 aromatic heterocycles. The summed E-state index contributed by atoms with van der Waals surface area (Å²) in [5.74, 6) is 2.03. The summed E-state index contributed by atoms with van der Waals surface area (Å²) < 4.78 is 5.50. The molecular formula is C13H13N3O. The normalized spacial score (nSPS) is 11.2. The molecule has 17 heavy (non-hydrogen) atoms. The van der Waals surface area contributed by atoms with Crippen molar-refractivity contribution in [2.45, 2.75) is 26.2 Å². The van der Waals surface area contributed by atoms with E-state index >= 15 is 0 Å². The minimum Gasteiger partial charge on any atom is -0.460 e. The van der Waals surface area contributed by atoms with Crippen molar-refractivity contribution in [2.75, 3.05) is 0 Å². The standard InChI is InChI=1S/C13H13N3O/c1-9-4-5-11(17-9)10-6-7-15-12(16-10)13(2,3)8-14/h4-7H,1-3H3. The second kappa shape index (κ2) is 4.02. The Morgan fingerprint density at radius 1 is 1.29 bits per heavy atom. The van der Waals surface area contributed by atoms with E-state index in [1.165, 1.54) is 0 Å². The highest BCUT2D eigenvalue weighted by Crippen LogP contribution is 2.23. The summed E-state index contributed by atoms with van der Waals surface area (Å²) in [5.41, 5.74) is 0.00362. The van der Waals surface area contributed by atoms with E-state index in [-0.39, 0.29) is 0 Å². The van der Waals surface area contributed by atoms with Crippen molar-refractivity contribution >= 4 is 0 Å². The van der Waals surface area contributed by atoms with Gasteiger partial charge >= 0.3 is 0 Å². The van der Waals surface area contributed by atoms with E-state index in [2.05, 4.69) is 16.0 Å². The maximum Gasteiger partial charge on any atom is 0.152 e. The Labute approximate surface area is 99.9 Å². The third kappa shape index (κ3) is 2.18. The molecule has 0 unspecified atom stereocenters. The quantitative estimate of drug-likeness (QED) is 0.791. The number of hydrogen-bond acceptors (Lipinski definition) is 4. The van der Waals surface area contributed by atoms with Crippen LogP contribution in [0.25, 0.3) is 11.5 Å². The van der Waals surface area contributed by atoms with Gasteiger partial charge < -0.3 is 4.42 Å². The van der Waals surface area contributed by atoms with Crippen molar-refractivity contribution in [2.24, 2.45) is 0 Å². The molecule has 0 radical (unpaired) electrons. The number of furan rings is 1. The van der Waals surface area contributed by atoms with E-state index in [1.807, 2.05) is 19.1 Å². The van der Waals surface area contributed by atoms with Gasteiger partial charge in [0.25, 0.3) is 0 Å². The molecule has 0 bridgehead atoms. The van der Waals surface area contributed by atoms with Gasteiger partial charge in [0, 0.05) is 6.20 Å². The summed E-state index contributed by atoms with van der Waals surface area (Å²) in [6, 6.07) is 7.70. The average molecular weight is 227 g/mol. The van der Waals surface area contributed by atoms with Crippen LogP contribution in [0.2, 0.25) is 0 Å². The molecule has 0 saturated heterocycles. The van der Waals surface area contributed by atoms with Crippen molar-refractivity contribution in [3.05, 3.63) is 36.0 Å². The predicted molar refractivity (Wildman–Crippen MR) is 63.1 cm³/mol. The van der Waals surface area contributed by atoms with E-state index in [0.29, 0.717) is 17.3 Å². The SMILES string of the molecule is Cc1ccc(-c2ccnc(C(C)(C)C#N)n2)o1. The minimum atomic E-state index is -0.697. The Bertz CT molecular complexity index is 578. The lowest BCUT2D eigenvalue weighted by Crippen LogP contribution is -2.18. The summed E-state index contributed by atoms with van der Waals surface area (Å²) in [4.78, 5) is 8.51. The van der Waals surface area contributed by atoms with Crippen molar-refractivity contribution < 1.29 is 4.42 Å². The van der Waals surface area contributed by atoms with Crippen molar-refractivity contribution in [1.29, 1.82) is 5.26 Å². The van der Waals surface area contributed by atoms with Gasteiger partial charge in [-0.05, 0) is 39.0 Å². The number of rotatable bonds is 2. The Balaban J connectivity index is 2.46. The summed E-state index contributed by atoms with van der Waals surface area (Å²) >= 11 is 0. The maximum absolute atomic E-state index is 9.06. The molecule has 0 amide bonds. The second-order valence-electron chi connectivity index (χ2n) is 4.41. The summed E-state index contributed by atoms with van der Waals surface area (Å²) in [6.07, 6.45) is 1.65. The molecule has 2 heterocycles. The van der Waals surface area contributed by atoms with E-state index in [4.69, 9.17) is 9.68 Å². The van der Waals surface area contributed by atoms with Gasteiger partial charge in [0.15, 0.2) is 5.76 Å². The van der Waals surface area contributed by atoms with Gasteiger partial charge in [0.1, 0.15) is 22.7 Å². The monoisotopic (exact) mass is 227 g/mol. The second-order valence-corrected chi connectivity index (χ2v) is 4.41. The molecule has 0 aliphatic heterocycles. The van der Waals surface area contributed by atoms with Crippen LogP contribution in [0.15, 0.2) is 28.8 Å². The molecule has 0 saturated carbocycles. The van der Waals surface area contributed by atoms with Gasteiger partial charge in [-0.15, -0.1) is 0 Å². The zero-order valence-corrected chi connectivity index (χ0v) is 10.1. The lowest BCUT2D eigenvalue weighted by Gasteiger charge is -2.13. The van der Waals surface area contributed by atoms with Crippen LogP contribution in [0, 0.1) is 18.3 Å². The zero-order valence-electron chi connectivity index (χ0n) is 10.1. The van der Waals surface area contributed by atoms with Gasteiger partial charge in [0.05, 0.1) is 6.07 Å². The van der Waals surface area contributed by atoms with Crippen LogP contribution >= 0.6 is 0 Å². The minimum absolute atomic E-state index is 0.506. The lowest BCUT2D eigenvalue weighted by molar-refractivity contribution is 0.544. The van der Waals surface area contributed by atoms with E-state index in [0.717, 1.165) is 5.76 Å². The molecule has 0 atom stereocenters. The molecule has 4 nitrogen and oxygen atoms in total. The summed E-state index contributed by atoms with van der Waals surface area (Å²) in [6.45, 7) is 5.46. The number of aryl methyl sites for hydroxylation is 1. The van der Waals surface area contributed by atoms with E-state index < -0.39 is 5.41 Å². The van der Waals surface area contributed by atoms with Crippen molar-refractivity contribution in [3.8, 4) is 17.5 Å². The molecule has 2 rings (SSSR count). The number of aromatic nitrogens is 2. The topological polar surface area (TPSA) is 62.7 Å². The first-order valence-corrected chi connectivity index (χ1v) is 5.34. The maximum atomic E-state index is 9.06. The summed E-state index contributed by atoms with van der Waals surface area (Å²) in [5, 5.41) is 9.06. The predicted octanol–water partition coefficient (Wildman–Crippen LogP) is 2.85. The van der Waals surface area contributed by atoms with Gasteiger partial charge in [-0.1, -0.05) is 0 Å². The average Bonchev–Trinajstić information content (AvgIpc) is 2.76. The first kappa shape index (κ1) is 11.3. The fraction of sp³-hybridized carbons (Fsp3) is 0.308. The molecule has 0 aromatic carbocycles. The molecule has 0 aliphatic rings. The number of nitrogens with zero attached hydrogens (tertiary/aromatic N) is 3. The van der Waals surface area contributed by atoms with Crippen molar-refractivity contribution in [3.63, 3.8) is 0 Å². The summed E-state index contributed by atoms with van der Waals surface area (Å²) in [7, 11) is 0. The molecule has 0 spiro atoms. The number of nitriles is 1. The molecule has 0 fully saturated rings. The highest BCUT2D eigenvalue weighted by Gasteiger charge is 2.23. The van der Waals surface area contributed by atoms with E-state index in [1.54, 1.807) is 26.1 Å². The smallest absolute Gasteiger partial charge is 0.152 e. The van der Waals surface area contributed by atoms with Crippen LogP contribution in [0.5, 0.6) is 0 Å². The van der Waals surface area contributed by atoms with Crippen LogP contribution in [0.1, 0.15) is 25.4 Å². The van der Waals surface area contributed by atoms with Crippen LogP contribution < -0.4 is 0 Å². The lowest BCUT2D eigenvalue weighted by atomic mass is 9.95. The Morgan fingerprint density at radius 3 is 2.65 bits per heavy atom. The first-order chi connectivity index (χ1) is 8.03. The fourth-order valence-electron chi connectivity index (χ4n) is 1.42. The Morgan fingerprint density at radius 2 is 2.06 bits per heavy atom. The zero-order chi connectivity index (χ0) is 12.5. The molecular weight excluding hydrogens is 214 g/mol. The van der Waals surface area contributed by atoms with Gasteiger partial charge in [-0.25, -0.2) is 9.97 Å². The number of hydrogen-bond donors (Lipinski definition) is 0. The van der Waals surface area contributed by atoms with Crippen LogP contribution in [0.4, 0.5) is 0 Å². The molecule has 0 aliphatic carbocycles. The highest BCUT2D eigenvalue weighted by atomic mass is 16.3. The third-order valence-corrected chi connectivity index (χ3v) is 2.49. The Hall–Kier alpha value is -2.15. The molecule has 4 heteroatoms. The van der Waals surface area contributed by atoms with Crippen LogP contribution in [0.3, 0.4) is 0 Å². The van der Waals surface area contributed by atoms with Gasteiger partial charge in [0.2, 0.25) is 0 Å². The van der Waals surface area contributed by atoms with E-state index in [9.17, 15) is 0 Å². The van der Waals surface area contributed by atoms with Crippen LogP contribution in [-0.4, -0.2) is 9.97 Å². The van der Waals surface area contributed by atoms with Gasteiger partial charge in [-0.2, -0.15) is 5.26 Å². The molecule has 0 N–H and O–H groups in total. The molecule has 86 valence electrons. The fourth-order valence-corrected chi connectivity index (χ4v) is 1.42. The highest BCUT2D eigenvalue weighted by molar-refractivity contribution is 5.51. The van der Waals surface area contributed by atoms with Crippen molar-refractivity contribution in [1.82, 2.24) is 9.97 Å². The van der Waals surface area contributed by atoms with Crippen LogP contribution in [-0.2, 0) is 5.41 Å².